The SMILES string of the molecule is C[C@H](NS(=O)(=O)c1ccc(Oc2ccccc2)cc1)c1ccc(C(C)(C)C)cc1. The number of sulfonamides is 1. The summed E-state index contributed by atoms with van der Waals surface area (Å²) in [7, 11) is -3.64. The maximum absolute atomic E-state index is 12.8. The van der Waals surface area contributed by atoms with Crippen molar-refractivity contribution in [3.63, 3.8) is 0 Å². The first-order valence-corrected chi connectivity index (χ1v) is 11.1. The summed E-state index contributed by atoms with van der Waals surface area (Å²) in [6.07, 6.45) is 0. The first-order chi connectivity index (χ1) is 13.6. The Balaban J connectivity index is 1.70. The molecule has 0 amide bonds. The fourth-order valence-electron chi connectivity index (χ4n) is 2.95. The molecule has 0 aliphatic carbocycles. The highest BCUT2D eigenvalue weighted by Gasteiger charge is 2.19. The van der Waals surface area contributed by atoms with Crippen LogP contribution < -0.4 is 9.46 Å². The summed E-state index contributed by atoms with van der Waals surface area (Å²) >= 11 is 0. The lowest BCUT2D eigenvalue weighted by Gasteiger charge is -2.20. The maximum atomic E-state index is 12.8. The second-order valence-electron chi connectivity index (χ2n) is 8.10. The lowest BCUT2D eigenvalue weighted by molar-refractivity contribution is 0.482. The molecule has 1 atom stereocenters. The Bertz CT molecular complexity index is 1040. The Kier molecular flexibility index (Phi) is 6.10. The van der Waals surface area contributed by atoms with E-state index in [0.717, 1.165) is 5.56 Å². The lowest BCUT2D eigenvalue weighted by atomic mass is 9.86. The second-order valence-corrected chi connectivity index (χ2v) is 9.82. The van der Waals surface area contributed by atoms with Gasteiger partial charge in [-0.05, 0) is 59.9 Å². The molecule has 0 radical (unpaired) electrons. The van der Waals surface area contributed by atoms with Crippen LogP contribution in [0.5, 0.6) is 11.5 Å². The molecule has 3 aromatic carbocycles. The Labute approximate surface area is 173 Å². The summed E-state index contributed by atoms with van der Waals surface area (Å²) in [4.78, 5) is 0.205. The fraction of sp³-hybridized carbons (Fsp3) is 0.250. The Morgan fingerprint density at radius 1 is 0.793 bits per heavy atom. The van der Waals surface area contributed by atoms with E-state index in [1.165, 1.54) is 5.56 Å². The molecule has 29 heavy (non-hydrogen) atoms. The summed E-state index contributed by atoms with van der Waals surface area (Å²) in [5, 5.41) is 0. The summed E-state index contributed by atoms with van der Waals surface area (Å²) in [5.41, 5.74) is 2.20. The van der Waals surface area contributed by atoms with Gasteiger partial charge >= 0.3 is 0 Å². The zero-order valence-corrected chi connectivity index (χ0v) is 18.0. The minimum absolute atomic E-state index is 0.0604. The van der Waals surface area contributed by atoms with Gasteiger partial charge in [0.05, 0.1) is 4.90 Å². The molecule has 0 unspecified atom stereocenters. The highest BCUT2D eigenvalue weighted by atomic mass is 32.2. The second kappa shape index (κ2) is 8.39. The Morgan fingerprint density at radius 2 is 1.34 bits per heavy atom. The van der Waals surface area contributed by atoms with Crippen LogP contribution in [-0.2, 0) is 15.4 Å². The van der Waals surface area contributed by atoms with Crippen molar-refractivity contribution >= 4 is 10.0 Å². The number of benzene rings is 3. The molecule has 0 bridgehead atoms. The zero-order valence-electron chi connectivity index (χ0n) is 17.2. The van der Waals surface area contributed by atoms with Gasteiger partial charge in [0.25, 0.3) is 0 Å². The van der Waals surface area contributed by atoms with Crippen LogP contribution in [0.15, 0.2) is 83.8 Å². The van der Waals surface area contributed by atoms with Crippen LogP contribution in [0.25, 0.3) is 0 Å². The van der Waals surface area contributed by atoms with Crippen molar-refractivity contribution in [1.82, 2.24) is 4.72 Å². The van der Waals surface area contributed by atoms with Crippen LogP contribution in [0.4, 0.5) is 0 Å². The van der Waals surface area contributed by atoms with Crippen molar-refractivity contribution in [1.29, 1.82) is 0 Å². The largest absolute Gasteiger partial charge is 0.457 e. The first-order valence-electron chi connectivity index (χ1n) is 9.61. The molecule has 0 saturated carbocycles. The summed E-state index contributed by atoms with van der Waals surface area (Å²) in [6.45, 7) is 8.30. The van der Waals surface area contributed by atoms with Crippen molar-refractivity contribution in [2.75, 3.05) is 0 Å². The topological polar surface area (TPSA) is 55.4 Å². The zero-order chi connectivity index (χ0) is 21.1. The van der Waals surface area contributed by atoms with Gasteiger partial charge in [0.15, 0.2) is 0 Å². The summed E-state index contributed by atoms with van der Waals surface area (Å²) in [6, 6.07) is 23.5. The molecule has 5 heteroatoms. The van der Waals surface area contributed by atoms with Gasteiger partial charge in [-0.25, -0.2) is 13.1 Å². The standard InChI is InChI=1S/C24H27NO3S/c1-18(19-10-12-20(13-11-19)24(2,3)4)25-29(26,27)23-16-14-22(15-17-23)28-21-8-6-5-7-9-21/h5-18,25H,1-4H3/t18-/m0/s1. The third kappa shape index (κ3) is 5.46. The van der Waals surface area contributed by atoms with E-state index in [-0.39, 0.29) is 16.4 Å². The molecule has 1 N–H and O–H groups in total. The highest BCUT2D eigenvalue weighted by molar-refractivity contribution is 7.89. The summed E-state index contributed by atoms with van der Waals surface area (Å²) in [5.74, 6) is 1.29. The van der Waals surface area contributed by atoms with E-state index >= 15 is 0 Å². The Hall–Kier alpha value is -2.63. The van der Waals surface area contributed by atoms with E-state index in [1.54, 1.807) is 24.3 Å². The van der Waals surface area contributed by atoms with Crippen LogP contribution in [0.1, 0.15) is 44.9 Å². The molecule has 0 aliphatic rings. The van der Waals surface area contributed by atoms with Crippen LogP contribution in [0, 0.1) is 0 Å². The van der Waals surface area contributed by atoms with Crippen molar-refractivity contribution in [2.45, 2.75) is 44.0 Å². The molecule has 0 fully saturated rings. The first kappa shape index (κ1) is 21.1. The van der Waals surface area contributed by atoms with Gasteiger partial charge in [0.2, 0.25) is 10.0 Å². The van der Waals surface area contributed by atoms with Crippen LogP contribution >= 0.6 is 0 Å². The third-order valence-corrected chi connectivity index (χ3v) is 6.28. The van der Waals surface area contributed by atoms with Crippen molar-refractivity contribution < 1.29 is 13.2 Å². The minimum Gasteiger partial charge on any atom is -0.457 e. The molecule has 0 heterocycles. The van der Waals surface area contributed by atoms with Gasteiger partial charge in [-0.15, -0.1) is 0 Å². The average Bonchev–Trinajstić information content (AvgIpc) is 2.68. The third-order valence-electron chi connectivity index (χ3n) is 4.72. The predicted octanol–water partition coefficient (Wildman–Crippen LogP) is 5.82. The quantitative estimate of drug-likeness (QED) is 0.558. The molecular formula is C24H27NO3S. The molecule has 0 aromatic heterocycles. The maximum Gasteiger partial charge on any atom is 0.241 e. The van der Waals surface area contributed by atoms with Gasteiger partial charge in [0.1, 0.15) is 11.5 Å². The van der Waals surface area contributed by atoms with Gasteiger partial charge < -0.3 is 4.74 Å². The molecule has 0 saturated heterocycles. The van der Waals surface area contributed by atoms with Crippen molar-refractivity contribution in [3.05, 3.63) is 90.0 Å². The molecule has 0 aliphatic heterocycles. The summed E-state index contributed by atoms with van der Waals surface area (Å²) < 4.78 is 34.0. The van der Waals surface area contributed by atoms with Gasteiger partial charge in [0, 0.05) is 6.04 Å². The molecule has 152 valence electrons. The molecule has 3 aromatic rings. The fourth-order valence-corrected chi connectivity index (χ4v) is 4.18. The van der Waals surface area contributed by atoms with E-state index in [0.29, 0.717) is 11.5 Å². The number of hydrogen-bond acceptors (Lipinski definition) is 3. The number of hydrogen-bond donors (Lipinski definition) is 1. The van der Waals surface area contributed by atoms with Gasteiger partial charge in [-0.2, -0.15) is 0 Å². The number of ether oxygens (including phenoxy) is 1. The van der Waals surface area contributed by atoms with Gasteiger partial charge in [-0.1, -0.05) is 63.2 Å². The van der Waals surface area contributed by atoms with Crippen LogP contribution in [0.3, 0.4) is 0 Å². The molecule has 3 rings (SSSR count). The number of nitrogens with one attached hydrogen (secondary N) is 1. The number of rotatable bonds is 6. The normalized spacial score (nSPS) is 13.1. The van der Waals surface area contributed by atoms with Crippen LogP contribution in [-0.4, -0.2) is 8.42 Å². The van der Waals surface area contributed by atoms with Crippen molar-refractivity contribution in [3.8, 4) is 11.5 Å². The smallest absolute Gasteiger partial charge is 0.241 e. The highest BCUT2D eigenvalue weighted by Crippen LogP contribution is 2.26. The van der Waals surface area contributed by atoms with E-state index in [1.807, 2.05) is 49.4 Å². The van der Waals surface area contributed by atoms with E-state index in [2.05, 4.69) is 37.6 Å². The van der Waals surface area contributed by atoms with Crippen molar-refractivity contribution in [2.24, 2.45) is 0 Å². The molecular weight excluding hydrogens is 382 g/mol. The molecule has 0 spiro atoms. The molecule has 4 nitrogen and oxygen atoms in total. The average molecular weight is 410 g/mol. The van der Waals surface area contributed by atoms with E-state index in [9.17, 15) is 8.42 Å². The predicted molar refractivity (Wildman–Crippen MR) is 117 cm³/mol. The van der Waals surface area contributed by atoms with E-state index in [4.69, 9.17) is 4.74 Å². The van der Waals surface area contributed by atoms with Gasteiger partial charge in [-0.3, -0.25) is 0 Å². The lowest BCUT2D eigenvalue weighted by Crippen LogP contribution is -2.27. The Morgan fingerprint density at radius 3 is 1.90 bits per heavy atom. The van der Waals surface area contributed by atoms with Crippen LogP contribution in [0.2, 0.25) is 0 Å². The minimum atomic E-state index is -3.64. The number of para-hydroxylation sites is 1. The van der Waals surface area contributed by atoms with E-state index < -0.39 is 10.0 Å². The monoisotopic (exact) mass is 409 g/mol.